The Bertz CT molecular complexity index is 1040. The molecule has 178 valence electrons. The lowest BCUT2D eigenvalue weighted by molar-refractivity contribution is -0.119. The van der Waals surface area contributed by atoms with E-state index in [2.05, 4.69) is 12.2 Å². The molecule has 0 radical (unpaired) electrons. The molecular formula is C23H27NO8S. The lowest BCUT2D eigenvalue weighted by atomic mass is 9.88. The van der Waals surface area contributed by atoms with E-state index in [0.717, 1.165) is 29.7 Å². The van der Waals surface area contributed by atoms with Gasteiger partial charge in [-0.3, -0.25) is 4.79 Å². The molecule has 0 saturated carbocycles. The van der Waals surface area contributed by atoms with Crippen molar-refractivity contribution in [1.82, 2.24) is 0 Å². The van der Waals surface area contributed by atoms with E-state index in [9.17, 15) is 14.4 Å². The monoisotopic (exact) mass is 477 g/mol. The molecule has 1 aliphatic carbocycles. The zero-order valence-electron chi connectivity index (χ0n) is 19.2. The molecule has 0 spiro atoms. The van der Waals surface area contributed by atoms with Crippen LogP contribution < -0.4 is 19.5 Å². The van der Waals surface area contributed by atoms with E-state index < -0.39 is 24.5 Å². The van der Waals surface area contributed by atoms with Crippen LogP contribution >= 0.6 is 11.3 Å². The molecular weight excluding hydrogens is 450 g/mol. The fourth-order valence-corrected chi connectivity index (χ4v) is 5.15. The Morgan fingerprint density at radius 1 is 1.03 bits per heavy atom. The lowest BCUT2D eigenvalue weighted by Crippen LogP contribution is -2.22. The molecule has 33 heavy (non-hydrogen) atoms. The van der Waals surface area contributed by atoms with Crippen LogP contribution in [0.1, 0.15) is 44.5 Å². The summed E-state index contributed by atoms with van der Waals surface area (Å²) in [6.45, 7) is 1.62. The van der Waals surface area contributed by atoms with Crippen LogP contribution in [0.2, 0.25) is 0 Å². The minimum Gasteiger partial charge on any atom is -0.493 e. The van der Waals surface area contributed by atoms with Gasteiger partial charge in [0.1, 0.15) is 5.00 Å². The molecule has 0 saturated heterocycles. The number of methoxy groups -OCH3 is 4. The number of amides is 1. The number of benzene rings is 1. The second kappa shape index (κ2) is 10.6. The Morgan fingerprint density at radius 3 is 2.27 bits per heavy atom. The van der Waals surface area contributed by atoms with Gasteiger partial charge in [-0.25, -0.2) is 9.59 Å². The maximum atomic E-state index is 12.5. The van der Waals surface area contributed by atoms with E-state index in [1.54, 1.807) is 0 Å². The topological polar surface area (TPSA) is 109 Å². The molecule has 0 bridgehead atoms. The average molecular weight is 478 g/mol. The van der Waals surface area contributed by atoms with Crippen molar-refractivity contribution < 1.29 is 38.1 Å². The Hall–Kier alpha value is -3.27. The van der Waals surface area contributed by atoms with Gasteiger partial charge in [-0.05, 0) is 42.9 Å². The summed E-state index contributed by atoms with van der Waals surface area (Å²) < 4.78 is 25.8. The van der Waals surface area contributed by atoms with Crippen LogP contribution in [0.4, 0.5) is 5.00 Å². The van der Waals surface area contributed by atoms with Crippen molar-refractivity contribution in [2.75, 3.05) is 40.4 Å². The predicted molar refractivity (Wildman–Crippen MR) is 122 cm³/mol. The number of anilines is 1. The van der Waals surface area contributed by atoms with Gasteiger partial charge in [0.25, 0.3) is 5.91 Å². The van der Waals surface area contributed by atoms with Crippen LogP contribution in [0.15, 0.2) is 12.1 Å². The van der Waals surface area contributed by atoms with E-state index in [1.807, 2.05) is 0 Å². The van der Waals surface area contributed by atoms with Gasteiger partial charge in [0.2, 0.25) is 5.75 Å². The van der Waals surface area contributed by atoms with E-state index in [4.69, 9.17) is 23.7 Å². The number of ether oxygens (including phenoxy) is 5. The molecule has 1 heterocycles. The molecule has 3 rings (SSSR count). The number of hydrogen-bond acceptors (Lipinski definition) is 9. The van der Waals surface area contributed by atoms with Gasteiger partial charge in [-0.1, -0.05) is 6.92 Å². The Kier molecular flexibility index (Phi) is 7.80. The van der Waals surface area contributed by atoms with Crippen LogP contribution in [0.3, 0.4) is 0 Å². The maximum absolute atomic E-state index is 12.5. The number of nitrogens with one attached hydrogen (secondary N) is 1. The van der Waals surface area contributed by atoms with Crippen molar-refractivity contribution in [3.63, 3.8) is 0 Å². The minimum absolute atomic E-state index is 0.133. The molecule has 1 aromatic carbocycles. The van der Waals surface area contributed by atoms with Gasteiger partial charge in [0.15, 0.2) is 18.1 Å². The third kappa shape index (κ3) is 5.22. The summed E-state index contributed by atoms with van der Waals surface area (Å²) in [5, 5.41) is 3.11. The van der Waals surface area contributed by atoms with Crippen molar-refractivity contribution in [2.24, 2.45) is 5.92 Å². The molecule has 0 fully saturated rings. The second-order valence-electron chi connectivity index (χ2n) is 7.59. The summed E-state index contributed by atoms with van der Waals surface area (Å²) in [6, 6.07) is 2.87. The van der Waals surface area contributed by atoms with Crippen LogP contribution in [0, 0.1) is 5.92 Å². The molecule has 10 heteroatoms. The third-order valence-electron chi connectivity index (χ3n) is 5.39. The number of carbonyl (C=O) groups is 3. The molecule has 1 unspecified atom stereocenters. The summed E-state index contributed by atoms with van der Waals surface area (Å²) in [6.07, 6.45) is 2.56. The first-order valence-corrected chi connectivity index (χ1v) is 11.1. The van der Waals surface area contributed by atoms with Crippen LogP contribution in [0.5, 0.6) is 17.2 Å². The summed E-state index contributed by atoms with van der Waals surface area (Å²) in [5.41, 5.74) is 1.44. The molecule has 1 atom stereocenters. The normalized spacial score (nSPS) is 14.6. The summed E-state index contributed by atoms with van der Waals surface area (Å²) in [4.78, 5) is 38.5. The number of rotatable bonds is 8. The number of hydrogen-bond donors (Lipinski definition) is 1. The van der Waals surface area contributed by atoms with Gasteiger partial charge in [-0.15, -0.1) is 11.3 Å². The van der Waals surface area contributed by atoms with Crippen LogP contribution in [-0.2, 0) is 27.1 Å². The average Bonchev–Trinajstić information content (AvgIpc) is 3.17. The molecule has 1 N–H and O–H groups in total. The fraction of sp³-hybridized carbons (Fsp3) is 0.435. The smallest absolute Gasteiger partial charge is 0.341 e. The first-order chi connectivity index (χ1) is 15.8. The number of thiophene rings is 1. The van der Waals surface area contributed by atoms with Gasteiger partial charge in [-0.2, -0.15) is 0 Å². The molecule has 9 nitrogen and oxygen atoms in total. The first-order valence-electron chi connectivity index (χ1n) is 10.3. The second-order valence-corrected chi connectivity index (χ2v) is 8.69. The fourth-order valence-electron chi connectivity index (χ4n) is 3.73. The summed E-state index contributed by atoms with van der Waals surface area (Å²) in [5.74, 6) is -0.384. The van der Waals surface area contributed by atoms with Crippen molar-refractivity contribution in [3.05, 3.63) is 33.7 Å². The lowest BCUT2D eigenvalue weighted by Gasteiger charge is -2.18. The van der Waals surface area contributed by atoms with Gasteiger partial charge < -0.3 is 29.0 Å². The highest BCUT2D eigenvalue weighted by Gasteiger charge is 2.29. The van der Waals surface area contributed by atoms with Gasteiger partial charge in [0.05, 0.1) is 39.6 Å². The van der Waals surface area contributed by atoms with Crippen LogP contribution in [0.25, 0.3) is 0 Å². The highest BCUT2D eigenvalue weighted by molar-refractivity contribution is 7.17. The largest absolute Gasteiger partial charge is 0.493 e. The van der Waals surface area contributed by atoms with Crippen molar-refractivity contribution in [1.29, 1.82) is 0 Å². The van der Waals surface area contributed by atoms with E-state index >= 15 is 0 Å². The highest BCUT2D eigenvalue weighted by atomic mass is 32.1. The SMILES string of the molecule is COC(=O)c1c(NC(=O)COC(=O)c2cc(OC)c(OC)c(OC)c2)sc2c1CCC(C)C2. The van der Waals surface area contributed by atoms with Gasteiger partial charge >= 0.3 is 11.9 Å². The highest BCUT2D eigenvalue weighted by Crippen LogP contribution is 2.40. The Balaban J connectivity index is 1.72. The van der Waals surface area contributed by atoms with Crippen molar-refractivity contribution in [2.45, 2.75) is 26.2 Å². The van der Waals surface area contributed by atoms with Crippen LogP contribution in [-0.4, -0.2) is 52.9 Å². The minimum atomic E-state index is -0.739. The molecule has 0 aliphatic heterocycles. The van der Waals surface area contributed by atoms with E-state index in [-0.39, 0.29) is 17.1 Å². The molecule has 2 aromatic rings. The van der Waals surface area contributed by atoms with E-state index in [0.29, 0.717) is 22.2 Å². The molecule has 1 aliphatic rings. The van der Waals surface area contributed by atoms with Crippen molar-refractivity contribution in [3.8, 4) is 17.2 Å². The summed E-state index contributed by atoms with van der Waals surface area (Å²) >= 11 is 1.36. The predicted octanol–water partition coefficient (Wildman–Crippen LogP) is 3.48. The third-order valence-corrected chi connectivity index (χ3v) is 6.56. The Labute approximate surface area is 195 Å². The Morgan fingerprint density at radius 2 is 1.70 bits per heavy atom. The summed E-state index contributed by atoms with van der Waals surface area (Å²) in [7, 11) is 5.62. The number of esters is 2. The van der Waals surface area contributed by atoms with Crippen molar-refractivity contribution >= 4 is 34.2 Å². The molecule has 1 amide bonds. The standard InChI is InChI=1S/C23H27NO8S/c1-12-6-7-14-17(8-12)33-21(19(14)23(27)31-5)24-18(25)11-32-22(26)13-9-15(28-2)20(30-4)16(10-13)29-3/h9-10,12H,6-8,11H2,1-5H3,(H,24,25). The maximum Gasteiger partial charge on any atom is 0.341 e. The first kappa shape index (κ1) is 24.4. The quantitative estimate of drug-likeness (QED) is 0.576. The molecule has 1 aromatic heterocycles. The van der Waals surface area contributed by atoms with E-state index in [1.165, 1.54) is 51.9 Å². The number of carbonyl (C=O) groups excluding carboxylic acids is 3. The zero-order valence-corrected chi connectivity index (χ0v) is 20.1. The van der Waals surface area contributed by atoms with Gasteiger partial charge in [0, 0.05) is 4.88 Å². The number of fused-ring (bicyclic) bond motifs is 1. The zero-order chi connectivity index (χ0) is 24.1.